The third-order valence-corrected chi connectivity index (χ3v) is 6.23. The monoisotopic (exact) mass is 430 g/mol. The van der Waals surface area contributed by atoms with Crippen molar-refractivity contribution in [3.05, 3.63) is 69.3 Å². The van der Waals surface area contributed by atoms with Crippen LogP contribution in [-0.4, -0.2) is 27.3 Å². The zero-order chi connectivity index (χ0) is 20.4. The second-order valence-electron chi connectivity index (χ2n) is 6.38. The first-order valence-corrected chi connectivity index (χ1v) is 11.0. The van der Waals surface area contributed by atoms with Gasteiger partial charge in [0.15, 0.2) is 0 Å². The number of thioether (sulfide) groups is 1. The Bertz CT molecular complexity index is 1060. The molecule has 1 aliphatic rings. The smallest absolute Gasteiger partial charge is 0.338 e. The molecule has 0 aliphatic carbocycles. The first-order valence-electron chi connectivity index (χ1n) is 9.09. The Morgan fingerprint density at radius 1 is 1.38 bits per heavy atom. The average molecular weight is 431 g/mol. The number of ether oxygens (including phenoxy) is 1. The Morgan fingerprint density at radius 3 is 2.97 bits per heavy atom. The highest BCUT2D eigenvalue weighted by molar-refractivity contribution is 7.98. The van der Waals surface area contributed by atoms with E-state index in [0.717, 1.165) is 10.4 Å². The van der Waals surface area contributed by atoms with Crippen molar-refractivity contribution in [3.8, 4) is 0 Å². The number of aromatic nitrogens is 3. The molecule has 1 aliphatic heterocycles. The van der Waals surface area contributed by atoms with Crippen molar-refractivity contribution in [2.24, 2.45) is 0 Å². The van der Waals surface area contributed by atoms with E-state index in [1.807, 2.05) is 30.5 Å². The number of nitrogens with one attached hydrogen (secondary N) is 1. The Balaban J connectivity index is 1.65. The molecular weight excluding hydrogens is 411 g/mol. The van der Waals surface area contributed by atoms with Gasteiger partial charge in [-0.3, -0.25) is 0 Å². The molecule has 0 spiro atoms. The van der Waals surface area contributed by atoms with E-state index < -0.39 is 6.04 Å². The molecule has 0 fully saturated rings. The number of carbonyl (C=O) groups is 1. The van der Waals surface area contributed by atoms with Crippen LogP contribution < -0.4 is 5.32 Å². The largest absolute Gasteiger partial charge is 0.463 e. The van der Waals surface area contributed by atoms with Crippen LogP contribution in [0.4, 0.5) is 10.3 Å². The van der Waals surface area contributed by atoms with Gasteiger partial charge in [-0.25, -0.2) is 13.9 Å². The van der Waals surface area contributed by atoms with Gasteiger partial charge in [-0.2, -0.15) is 4.98 Å². The van der Waals surface area contributed by atoms with Crippen LogP contribution in [-0.2, 0) is 15.3 Å². The SMILES string of the molecule is CCOC(=O)C1=C(C)Nc2nc(SCc3cccc(F)c3)nn2[C@@H]1c1cccs1. The van der Waals surface area contributed by atoms with Crippen LogP contribution in [0, 0.1) is 5.82 Å². The summed E-state index contributed by atoms with van der Waals surface area (Å²) in [5.41, 5.74) is 2.07. The summed E-state index contributed by atoms with van der Waals surface area (Å²) in [5, 5.41) is 10.3. The quantitative estimate of drug-likeness (QED) is 0.455. The number of esters is 1. The summed E-state index contributed by atoms with van der Waals surface area (Å²) >= 11 is 2.96. The van der Waals surface area contributed by atoms with Gasteiger partial charge in [0.2, 0.25) is 11.1 Å². The second kappa shape index (κ2) is 8.38. The van der Waals surface area contributed by atoms with Gasteiger partial charge in [-0.1, -0.05) is 30.0 Å². The van der Waals surface area contributed by atoms with Crippen LogP contribution in [0.5, 0.6) is 0 Å². The second-order valence-corrected chi connectivity index (χ2v) is 8.31. The zero-order valence-corrected chi connectivity index (χ0v) is 17.5. The van der Waals surface area contributed by atoms with E-state index in [1.165, 1.54) is 23.9 Å². The minimum Gasteiger partial charge on any atom is -0.463 e. The van der Waals surface area contributed by atoms with E-state index in [4.69, 9.17) is 4.74 Å². The van der Waals surface area contributed by atoms with Gasteiger partial charge < -0.3 is 10.1 Å². The molecule has 3 heterocycles. The van der Waals surface area contributed by atoms with Crippen molar-refractivity contribution >= 4 is 35.0 Å². The van der Waals surface area contributed by atoms with Crippen molar-refractivity contribution < 1.29 is 13.9 Å². The van der Waals surface area contributed by atoms with Crippen LogP contribution in [0.3, 0.4) is 0 Å². The lowest BCUT2D eigenvalue weighted by molar-refractivity contribution is -0.139. The molecule has 0 amide bonds. The van der Waals surface area contributed by atoms with Crippen molar-refractivity contribution in [1.29, 1.82) is 0 Å². The fraction of sp³-hybridized carbons (Fsp3) is 0.250. The highest BCUT2D eigenvalue weighted by Crippen LogP contribution is 2.38. The van der Waals surface area contributed by atoms with Crippen LogP contribution in [0.15, 0.2) is 58.2 Å². The van der Waals surface area contributed by atoms with Gasteiger partial charge in [-0.15, -0.1) is 16.4 Å². The molecule has 29 heavy (non-hydrogen) atoms. The molecule has 9 heteroatoms. The molecule has 1 atom stereocenters. The van der Waals surface area contributed by atoms with Crippen LogP contribution in [0.25, 0.3) is 0 Å². The molecular formula is C20H19FN4O2S2. The number of anilines is 1. The standard InChI is InChI=1S/C20H19FN4O2S2/c1-3-27-18(26)16-12(2)22-19-23-20(29-11-13-6-4-7-14(21)10-13)24-25(19)17(16)15-8-5-9-28-15/h4-10,17H,3,11H2,1-2H3,(H,22,23,24)/t17-/m1/s1. The van der Waals surface area contributed by atoms with Gasteiger partial charge in [-0.05, 0) is 43.0 Å². The summed E-state index contributed by atoms with van der Waals surface area (Å²) in [7, 11) is 0. The van der Waals surface area contributed by atoms with Crippen molar-refractivity contribution in [2.45, 2.75) is 30.8 Å². The van der Waals surface area contributed by atoms with Crippen molar-refractivity contribution in [3.63, 3.8) is 0 Å². The topological polar surface area (TPSA) is 69.0 Å². The van der Waals surface area contributed by atoms with Crippen LogP contribution in [0.2, 0.25) is 0 Å². The van der Waals surface area contributed by atoms with Crippen molar-refractivity contribution in [2.75, 3.05) is 11.9 Å². The predicted molar refractivity (Wildman–Crippen MR) is 111 cm³/mol. The fourth-order valence-corrected chi connectivity index (χ4v) is 4.74. The number of rotatable bonds is 6. The molecule has 0 saturated carbocycles. The number of hydrogen-bond donors (Lipinski definition) is 1. The molecule has 1 N–H and O–H groups in total. The summed E-state index contributed by atoms with van der Waals surface area (Å²) < 4.78 is 20.4. The lowest BCUT2D eigenvalue weighted by Crippen LogP contribution is -2.29. The maximum absolute atomic E-state index is 13.4. The minimum absolute atomic E-state index is 0.265. The van der Waals surface area contributed by atoms with Crippen LogP contribution >= 0.6 is 23.1 Å². The maximum atomic E-state index is 13.4. The molecule has 0 radical (unpaired) electrons. The predicted octanol–water partition coefficient (Wildman–Crippen LogP) is 4.62. The number of halogens is 1. The van der Waals surface area contributed by atoms with E-state index in [2.05, 4.69) is 15.4 Å². The van der Waals surface area contributed by atoms with Gasteiger partial charge in [0.1, 0.15) is 11.9 Å². The van der Waals surface area contributed by atoms with E-state index in [-0.39, 0.29) is 11.8 Å². The molecule has 3 aromatic rings. The Kier molecular flexibility index (Phi) is 5.68. The normalized spacial score (nSPS) is 15.8. The number of benzene rings is 1. The molecule has 6 nitrogen and oxygen atoms in total. The number of nitrogens with zero attached hydrogens (tertiary/aromatic N) is 3. The lowest BCUT2D eigenvalue weighted by atomic mass is 10.0. The first kappa shape index (κ1) is 19.7. The summed E-state index contributed by atoms with van der Waals surface area (Å²) in [6.07, 6.45) is 0. The van der Waals surface area contributed by atoms with Gasteiger partial charge in [0.25, 0.3) is 0 Å². The zero-order valence-electron chi connectivity index (χ0n) is 15.9. The molecule has 150 valence electrons. The molecule has 2 aromatic heterocycles. The number of fused-ring (bicyclic) bond motifs is 1. The minimum atomic E-state index is -0.402. The fourth-order valence-electron chi connectivity index (χ4n) is 3.15. The third kappa shape index (κ3) is 4.06. The Morgan fingerprint density at radius 2 is 2.24 bits per heavy atom. The van der Waals surface area contributed by atoms with Gasteiger partial charge in [0, 0.05) is 16.3 Å². The average Bonchev–Trinajstić information content (AvgIpc) is 3.35. The molecule has 0 unspecified atom stereocenters. The number of hydrogen-bond acceptors (Lipinski definition) is 7. The van der Waals surface area contributed by atoms with E-state index in [0.29, 0.717) is 34.7 Å². The number of thiophene rings is 1. The summed E-state index contributed by atoms with van der Waals surface area (Å²) in [4.78, 5) is 18.2. The van der Waals surface area contributed by atoms with Crippen molar-refractivity contribution in [1.82, 2.24) is 14.8 Å². The summed E-state index contributed by atoms with van der Waals surface area (Å²) in [6.45, 7) is 3.92. The van der Waals surface area contributed by atoms with Crippen LogP contribution in [0.1, 0.15) is 30.3 Å². The lowest BCUT2D eigenvalue weighted by Gasteiger charge is -2.26. The molecule has 1 aromatic carbocycles. The number of allylic oxidation sites excluding steroid dienone is 1. The van der Waals surface area contributed by atoms with E-state index >= 15 is 0 Å². The summed E-state index contributed by atoms with van der Waals surface area (Å²) in [6, 6.07) is 9.98. The summed E-state index contributed by atoms with van der Waals surface area (Å²) in [5.74, 6) is 0.474. The number of carbonyl (C=O) groups excluding carboxylic acids is 1. The molecule has 4 rings (SSSR count). The molecule has 0 bridgehead atoms. The van der Waals surface area contributed by atoms with Gasteiger partial charge in [0.05, 0.1) is 12.2 Å². The van der Waals surface area contributed by atoms with E-state index in [1.54, 1.807) is 29.0 Å². The molecule has 0 saturated heterocycles. The third-order valence-electron chi connectivity index (χ3n) is 4.40. The Labute approximate surface area is 175 Å². The first-order chi connectivity index (χ1) is 14.1. The maximum Gasteiger partial charge on any atom is 0.338 e. The highest BCUT2D eigenvalue weighted by Gasteiger charge is 2.35. The Hall–Kier alpha value is -2.65. The highest BCUT2D eigenvalue weighted by atomic mass is 32.2. The van der Waals surface area contributed by atoms with Gasteiger partial charge >= 0.3 is 5.97 Å². The van der Waals surface area contributed by atoms with E-state index in [9.17, 15) is 9.18 Å².